The lowest BCUT2D eigenvalue weighted by Gasteiger charge is -2.22. The number of benzene rings is 1. The van der Waals surface area contributed by atoms with E-state index < -0.39 is 10.0 Å². The minimum Gasteiger partial charge on any atom is -0.496 e. The van der Waals surface area contributed by atoms with Gasteiger partial charge >= 0.3 is 0 Å². The highest BCUT2D eigenvalue weighted by molar-refractivity contribution is 7.92. The van der Waals surface area contributed by atoms with E-state index in [0.717, 1.165) is 24.8 Å². The van der Waals surface area contributed by atoms with E-state index in [0.29, 0.717) is 36.3 Å². The molecule has 29 heavy (non-hydrogen) atoms. The van der Waals surface area contributed by atoms with Gasteiger partial charge in [0.25, 0.3) is 0 Å². The van der Waals surface area contributed by atoms with Crippen molar-refractivity contribution < 1.29 is 22.4 Å². The fraction of sp³-hybridized carbons (Fsp3) is 0.474. The lowest BCUT2D eigenvalue weighted by Crippen LogP contribution is -2.25. The number of nitrogens with zero attached hydrogens (tertiary/aromatic N) is 3. The first-order chi connectivity index (χ1) is 14.0. The molecule has 1 aliphatic rings. The number of anilines is 1. The standard InChI is InChI=1S/C19H24N4O5S/c1-26-16-11-14(13-23-8-4-7-20-23)12-17-18(16)19(21-28-17)22-29(24,25)10-6-15-5-2-3-9-27-15/h4,7-8,11-12,15H,2-3,5-6,9-10,13H2,1H3,(H,21,22). The average Bonchev–Trinajstić information content (AvgIpc) is 3.37. The van der Waals surface area contributed by atoms with Gasteiger partial charge in [-0.05, 0) is 49.4 Å². The van der Waals surface area contributed by atoms with E-state index in [-0.39, 0.29) is 17.7 Å². The third-order valence-corrected chi connectivity index (χ3v) is 6.23. The molecule has 0 aliphatic carbocycles. The first-order valence-electron chi connectivity index (χ1n) is 9.60. The van der Waals surface area contributed by atoms with Crippen LogP contribution in [0.3, 0.4) is 0 Å². The summed E-state index contributed by atoms with van der Waals surface area (Å²) >= 11 is 0. The Labute approximate surface area is 169 Å². The van der Waals surface area contributed by atoms with Crippen molar-refractivity contribution >= 4 is 26.8 Å². The molecule has 1 aliphatic heterocycles. The Morgan fingerprint density at radius 2 is 2.24 bits per heavy atom. The fourth-order valence-electron chi connectivity index (χ4n) is 3.51. The number of ether oxygens (including phenoxy) is 2. The van der Waals surface area contributed by atoms with E-state index in [4.69, 9.17) is 14.0 Å². The highest BCUT2D eigenvalue weighted by atomic mass is 32.2. The molecule has 1 atom stereocenters. The number of rotatable bonds is 8. The zero-order valence-corrected chi connectivity index (χ0v) is 17.0. The highest BCUT2D eigenvalue weighted by Gasteiger charge is 2.22. The predicted molar refractivity (Wildman–Crippen MR) is 108 cm³/mol. The molecule has 9 nitrogen and oxygen atoms in total. The third-order valence-electron chi connectivity index (χ3n) is 4.96. The van der Waals surface area contributed by atoms with Crippen molar-refractivity contribution in [1.82, 2.24) is 14.9 Å². The highest BCUT2D eigenvalue weighted by Crippen LogP contribution is 2.34. The van der Waals surface area contributed by atoms with Gasteiger partial charge in [0.05, 0.1) is 25.5 Å². The molecule has 3 aromatic rings. The molecule has 1 fully saturated rings. The molecule has 2 aromatic heterocycles. The summed E-state index contributed by atoms with van der Waals surface area (Å²) in [4.78, 5) is 0. The van der Waals surface area contributed by atoms with Gasteiger partial charge in [-0.3, -0.25) is 9.40 Å². The molecular formula is C19H24N4O5S. The van der Waals surface area contributed by atoms with Gasteiger partial charge in [-0.25, -0.2) is 8.42 Å². The fourth-order valence-corrected chi connectivity index (χ4v) is 4.62. The maximum absolute atomic E-state index is 12.6. The van der Waals surface area contributed by atoms with Gasteiger partial charge in [0.15, 0.2) is 11.4 Å². The Morgan fingerprint density at radius 1 is 1.34 bits per heavy atom. The van der Waals surface area contributed by atoms with Crippen LogP contribution in [0.4, 0.5) is 5.82 Å². The molecule has 1 saturated heterocycles. The molecule has 0 radical (unpaired) electrons. The first-order valence-corrected chi connectivity index (χ1v) is 11.2. The van der Waals surface area contributed by atoms with E-state index in [9.17, 15) is 8.42 Å². The Balaban J connectivity index is 1.52. The number of nitrogens with one attached hydrogen (secondary N) is 1. The van der Waals surface area contributed by atoms with Crippen LogP contribution in [0.15, 0.2) is 35.1 Å². The van der Waals surface area contributed by atoms with Gasteiger partial charge in [-0.2, -0.15) is 5.10 Å². The van der Waals surface area contributed by atoms with E-state index >= 15 is 0 Å². The predicted octanol–water partition coefficient (Wildman–Crippen LogP) is 2.78. The Morgan fingerprint density at radius 3 is 2.97 bits per heavy atom. The molecule has 3 heterocycles. The smallest absolute Gasteiger partial charge is 0.234 e. The molecule has 4 rings (SSSR count). The number of fused-ring (bicyclic) bond motifs is 1. The number of methoxy groups -OCH3 is 1. The quantitative estimate of drug-likeness (QED) is 0.597. The van der Waals surface area contributed by atoms with Crippen molar-refractivity contribution in [2.75, 3.05) is 24.2 Å². The minimum absolute atomic E-state index is 0.00577. The molecule has 156 valence electrons. The van der Waals surface area contributed by atoms with Gasteiger partial charge < -0.3 is 14.0 Å². The normalized spacial score (nSPS) is 17.5. The second-order valence-electron chi connectivity index (χ2n) is 7.10. The minimum atomic E-state index is -3.59. The molecule has 1 N–H and O–H groups in total. The third kappa shape index (κ3) is 4.70. The lowest BCUT2D eigenvalue weighted by molar-refractivity contribution is 0.0147. The van der Waals surface area contributed by atoms with Crippen LogP contribution in [0.25, 0.3) is 11.0 Å². The monoisotopic (exact) mass is 420 g/mol. The topological polar surface area (TPSA) is 108 Å². The summed E-state index contributed by atoms with van der Waals surface area (Å²) in [5.41, 5.74) is 1.35. The summed E-state index contributed by atoms with van der Waals surface area (Å²) in [6.07, 6.45) is 7.01. The van der Waals surface area contributed by atoms with Crippen molar-refractivity contribution in [1.29, 1.82) is 0 Å². The molecule has 0 amide bonds. The van der Waals surface area contributed by atoms with Gasteiger partial charge in [-0.15, -0.1) is 0 Å². The summed E-state index contributed by atoms with van der Waals surface area (Å²) in [7, 11) is -2.07. The zero-order chi connectivity index (χ0) is 20.3. The van der Waals surface area contributed by atoms with E-state index in [1.807, 2.05) is 18.3 Å². The van der Waals surface area contributed by atoms with E-state index in [2.05, 4.69) is 15.0 Å². The van der Waals surface area contributed by atoms with Gasteiger partial charge in [-0.1, -0.05) is 5.16 Å². The number of sulfonamides is 1. The SMILES string of the molecule is COc1cc(Cn2cccn2)cc2onc(NS(=O)(=O)CCC3CCCCO3)c12. The molecule has 10 heteroatoms. The van der Waals surface area contributed by atoms with Crippen LogP contribution in [0.1, 0.15) is 31.2 Å². The second kappa shape index (κ2) is 8.42. The molecule has 0 saturated carbocycles. The second-order valence-corrected chi connectivity index (χ2v) is 8.95. The number of hydrogen-bond acceptors (Lipinski definition) is 7. The maximum Gasteiger partial charge on any atom is 0.234 e. The Bertz CT molecular complexity index is 1060. The maximum atomic E-state index is 12.6. The molecule has 1 aromatic carbocycles. The molecule has 0 spiro atoms. The largest absolute Gasteiger partial charge is 0.496 e. The van der Waals surface area contributed by atoms with Crippen molar-refractivity contribution in [2.24, 2.45) is 0 Å². The summed E-state index contributed by atoms with van der Waals surface area (Å²) in [6, 6.07) is 5.48. The van der Waals surface area contributed by atoms with Gasteiger partial charge in [0.1, 0.15) is 11.1 Å². The number of hydrogen-bond donors (Lipinski definition) is 1. The van der Waals surface area contributed by atoms with E-state index in [1.54, 1.807) is 16.9 Å². The average molecular weight is 420 g/mol. The van der Waals surface area contributed by atoms with Crippen molar-refractivity contribution in [3.8, 4) is 5.75 Å². The lowest BCUT2D eigenvalue weighted by atomic mass is 10.1. The van der Waals surface area contributed by atoms with Crippen molar-refractivity contribution in [2.45, 2.75) is 38.3 Å². The van der Waals surface area contributed by atoms with Crippen LogP contribution in [0, 0.1) is 0 Å². The van der Waals surface area contributed by atoms with Crippen LogP contribution in [0.2, 0.25) is 0 Å². The van der Waals surface area contributed by atoms with Crippen molar-refractivity contribution in [3.63, 3.8) is 0 Å². The number of aromatic nitrogens is 3. The van der Waals surface area contributed by atoms with Gasteiger partial charge in [0, 0.05) is 19.0 Å². The first kappa shape index (κ1) is 19.7. The Hall–Kier alpha value is -2.59. The van der Waals surface area contributed by atoms with Crippen LogP contribution < -0.4 is 9.46 Å². The summed E-state index contributed by atoms with van der Waals surface area (Å²) in [5, 5.41) is 8.61. The van der Waals surface area contributed by atoms with Crippen LogP contribution in [-0.4, -0.2) is 48.9 Å². The molecular weight excluding hydrogens is 396 g/mol. The summed E-state index contributed by atoms with van der Waals surface area (Å²) < 4.78 is 45.9. The van der Waals surface area contributed by atoms with Crippen LogP contribution >= 0.6 is 0 Å². The van der Waals surface area contributed by atoms with Crippen LogP contribution in [-0.2, 0) is 21.3 Å². The molecule has 1 unspecified atom stereocenters. The van der Waals surface area contributed by atoms with E-state index in [1.165, 1.54) is 7.11 Å². The Kier molecular flexibility index (Phi) is 5.72. The molecule has 0 bridgehead atoms. The van der Waals surface area contributed by atoms with Crippen molar-refractivity contribution in [3.05, 3.63) is 36.2 Å². The van der Waals surface area contributed by atoms with Crippen LogP contribution in [0.5, 0.6) is 5.75 Å². The summed E-state index contributed by atoms with van der Waals surface area (Å²) in [5.74, 6) is 0.581. The summed E-state index contributed by atoms with van der Waals surface area (Å²) in [6.45, 7) is 1.23. The van der Waals surface area contributed by atoms with Gasteiger partial charge in [0.2, 0.25) is 10.0 Å². The zero-order valence-electron chi connectivity index (χ0n) is 16.2.